The highest BCUT2D eigenvalue weighted by Crippen LogP contribution is 2.15. The predicted molar refractivity (Wildman–Crippen MR) is 104 cm³/mol. The SMILES string of the molecule is CN=C(NCCCN1CCC(C)CC1)NCCN1CCS(=O)(=O)CC1. The molecule has 0 saturated carbocycles. The highest BCUT2D eigenvalue weighted by molar-refractivity contribution is 7.91. The molecule has 0 aliphatic carbocycles. The predicted octanol–water partition coefficient (Wildman–Crippen LogP) is 0.00380. The van der Waals surface area contributed by atoms with Crippen LogP contribution in [0.25, 0.3) is 0 Å². The van der Waals surface area contributed by atoms with Crippen LogP contribution in [0, 0.1) is 5.92 Å². The maximum Gasteiger partial charge on any atom is 0.191 e. The fourth-order valence-electron chi connectivity index (χ4n) is 3.32. The molecule has 2 aliphatic rings. The molecule has 2 aliphatic heterocycles. The number of rotatable bonds is 7. The number of likely N-dealkylation sites (tertiary alicyclic amines) is 1. The Labute approximate surface area is 153 Å². The van der Waals surface area contributed by atoms with E-state index >= 15 is 0 Å². The van der Waals surface area contributed by atoms with Gasteiger partial charge in [-0.15, -0.1) is 0 Å². The lowest BCUT2D eigenvalue weighted by Crippen LogP contribution is -2.46. The minimum Gasteiger partial charge on any atom is -0.356 e. The second kappa shape index (κ2) is 10.3. The highest BCUT2D eigenvalue weighted by Gasteiger charge is 2.21. The summed E-state index contributed by atoms with van der Waals surface area (Å²) >= 11 is 0. The van der Waals surface area contributed by atoms with E-state index in [0.717, 1.165) is 44.5 Å². The van der Waals surface area contributed by atoms with E-state index in [4.69, 9.17) is 0 Å². The molecule has 0 aromatic heterocycles. The number of guanidine groups is 1. The van der Waals surface area contributed by atoms with Crippen molar-refractivity contribution in [2.24, 2.45) is 10.9 Å². The molecule has 2 heterocycles. The summed E-state index contributed by atoms with van der Waals surface area (Å²) in [6.45, 7) is 9.81. The fraction of sp³-hybridized carbons (Fsp3) is 0.941. The van der Waals surface area contributed by atoms with E-state index in [-0.39, 0.29) is 11.5 Å². The molecular weight excluding hydrogens is 338 g/mol. The third kappa shape index (κ3) is 7.92. The van der Waals surface area contributed by atoms with Crippen LogP contribution in [0.1, 0.15) is 26.2 Å². The van der Waals surface area contributed by atoms with Gasteiger partial charge >= 0.3 is 0 Å². The van der Waals surface area contributed by atoms with Crippen LogP contribution in [0.2, 0.25) is 0 Å². The molecule has 0 atom stereocenters. The molecule has 25 heavy (non-hydrogen) atoms. The molecule has 8 heteroatoms. The number of hydrogen-bond donors (Lipinski definition) is 2. The number of nitrogens with zero attached hydrogens (tertiary/aromatic N) is 3. The van der Waals surface area contributed by atoms with Crippen molar-refractivity contribution in [2.75, 3.05) is 70.9 Å². The lowest BCUT2D eigenvalue weighted by Gasteiger charge is -2.30. The fourth-order valence-corrected chi connectivity index (χ4v) is 4.60. The first-order chi connectivity index (χ1) is 12.0. The normalized spacial score (nSPS) is 23.5. The van der Waals surface area contributed by atoms with Crippen LogP contribution in [0.15, 0.2) is 4.99 Å². The van der Waals surface area contributed by atoms with Gasteiger partial charge in [0, 0.05) is 39.8 Å². The smallest absolute Gasteiger partial charge is 0.191 e. The Bertz CT molecular complexity index is 501. The van der Waals surface area contributed by atoms with Crippen molar-refractivity contribution < 1.29 is 8.42 Å². The van der Waals surface area contributed by atoms with E-state index in [1.165, 1.54) is 25.9 Å². The zero-order chi connectivity index (χ0) is 18.1. The highest BCUT2D eigenvalue weighted by atomic mass is 32.2. The Morgan fingerprint density at radius 1 is 1.00 bits per heavy atom. The minimum atomic E-state index is -2.79. The van der Waals surface area contributed by atoms with E-state index in [1.54, 1.807) is 7.05 Å². The number of sulfone groups is 1. The molecule has 0 unspecified atom stereocenters. The molecule has 0 bridgehead atoms. The molecule has 7 nitrogen and oxygen atoms in total. The summed E-state index contributed by atoms with van der Waals surface area (Å²) in [4.78, 5) is 9.01. The van der Waals surface area contributed by atoms with Crippen LogP contribution in [0.3, 0.4) is 0 Å². The first-order valence-corrected chi connectivity index (χ1v) is 11.4. The summed E-state index contributed by atoms with van der Waals surface area (Å²) in [7, 11) is -1.00. The number of piperidine rings is 1. The van der Waals surface area contributed by atoms with Crippen LogP contribution < -0.4 is 10.6 Å². The van der Waals surface area contributed by atoms with Crippen molar-refractivity contribution in [3.63, 3.8) is 0 Å². The second-order valence-corrected chi connectivity index (χ2v) is 9.60. The Kier molecular flexibility index (Phi) is 8.45. The lowest BCUT2D eigenvalue weighted by atomic mass is 9.99. The van der Waals surface area contributed by atoms with Gasteiger partial charge in [0.1, 0.15) is 0 Å². The zero-order valence-electron chi connectivity index (χ0n) is 15.8. The van der Waals surface area contributed by atoms with Gasteiger partial charge < -0.3 is 15.5 Å². The molecule has 0 radical (unpaired) electrons. The van der Waals surface area contributed by atoms with Gasteiger partial charge in [0.15, 0.2) is 15.8 Å². The Hall–Kier alpha value is -0.860. The van der Waals surface area contributed by atoms with Crippen molar-refractivity contribution in [3.05, 3.63) is 0 Å². The average molecular weight is 374 g/mol. The van der Waals surface area contributed by atoms with Crippen LogP contribution in [0.4, 0.5) is 0 Å². The van der Waals surface area contributed by atoms with Crippen molar-refractivity contribution in [1.29, 1.82) is 0 Å². The Balaban J connectivity index is 1.52. The zero-order valence-corrected chi connectivity index (χ0v) is 16.7. The second-order valence-electron chi connectivity index (χ2n) is 7.30. The summed E-state index contributed by atoms with van der Waals surface area (Å²) in [6.07, 6.45) is 3.78. The third-order valence-electron chi connectivity index (χ3n) is 5.20. The van der Waals surface area contributed by atoms with E-state index in [1.807, 2.05) is 0 Å². The van der Waals surface area contributed by atoms with Gasteiger partial charge in [-0.2, -0.15) is 0 Å². The standard InChI is InChI=1S/C17H35N5O2S/c1-16-4-9-21(10-5-16)8-3-6-19-17(18-2)20-7-11-22-12-14-25(23,24)15-13-22/h16H,3-15H2,1-2H3,(H2,18,19,20). The maximum atomic E-state index is 11.4. The number of aliphatic imine (C=N–C) groups is 1. The molecule has 0 spiro atoms. The Morgan fingerprint density at radius 3 is 2.24 bits per heavy atom. The molecule has 2 N–H and O–H groups in total. The monoisotopic (exact) mass is 373 g/mol. The summed E-state index contributed by atoms with van der Waals surface area (Å²) in [6, 6.07) is 0. The van der Waals surface area contributed by atoms with Crippen LogP contribution >= 0.6 is 0 Å². The maximum absolute atomic E-state index is 11.4. The molecular formula is C17H35N5O2S. The molecule has 2 saturated heterocycles. The first kappa shape index (κ1) is 20.5. The first-order valence-electron chi connectivity index (χ1n) is 9.58. The average Bonchev–Trinajstić information content (AvgIpc) is 2.60. The molecule has 146 valence electrons. The van der Waals surface area contributed by atoms with Crippen LogP contribution in [-0.2, 0) is 9.84 Å². The largest absolute Gasteiger partial charge is 0.356 e. The van der Waals surface area contributed by atoms with Crippen LogP contribution in [-0.4, -0.2) is 95.1 Å². The van der Waals surface area contributed by atoms with Crippen molar-refractivity contribution in [1.82, 2.24) is 20.4 Å². The van der Waals surface area contributed by atoms with Gasteiger partial charge in [-0.3, -0.25) is 9.89 Å². The minimum absolute atomic E-state index is 0.287. The molecule has 2 rings (SSSR count). The molecule has 2 fully saturated rings. The van der Waals surface area contributed by atoms with E-state index in [9.17, 15) is 8.42 Å². The van der Waals surface area contributed by atoms with Gasteiger partial charge in [-0.05, 0) is 44.8 Å². The van der Waals surface area contributed by atoms with Crippen molar-refractivity contribution >= 4 is 15.8 Å². The van der Waals surface area contributed by atoms with Gasteiger partial charge in [0.25, 0.3) is 0 Å². The van der Waals surface area contributed by atoms with Gasteiger partial charge in [0.05, 0.1) is 11.5 Å². The quantitative estimate of drug-likeness (QED) is 0.372. The summed E-state index contributed by atoms with van der Waals surface area (Å²) in [5.41, 5.74) is 0. The molecule has 0 amide bonds. The third-order valence-corrected chi connectivity index (χ3v) is 6.81. The lowest BCUT2D eigenvalue weighted by molar-refractivity contribution is 0.191. The topological polar surface area (TPSA) is 77.0 Å². The van der Waals surface area contributed by atoms with Gasteiger partial charge in [-0.1, -0.05) is 6.92 Å². The van der Waals surface area contributed by atoms with Crippen molar-refractivity contribution in [2.45, 2.75) is 26.2 Å². The Morgan fingerprint density at radius 2 is 1.60 bits per heavy atom. The number of hydrogen-bond acceptors (Lipinski definition) is 5. The van der Waals surface area contributed by atoms with E-state index < -0.39 is 9.84 Å². The van der Waals surface area contributed by atoms with Gasteiger partial charge in [-0.25, -0.2) is 8.42 Å². The summed E-state index contributed by atoms with van der Waals surface area (Å²) < 4.78 is 22.9. The molecule has 0 aromatic carbocycles. The van der Waals surface area contributed by atoms with Crippen LogP contribution in [0.5, 0.6) is 0 Å². The van der Waals surface area contributed by atoms with Crippen molar-refractivity contribution in [3.8, 4) is 0 Å². The van der Waals surface area contributed by atoms with E-state index in [0.29, 0.717) is 13.1 Å². The summed E-state index contributed by atoms with van der Waals surface area (Å²) in [5, 5.41) is 6.68. The summed E-state index contributed by atoms with van der Waals surface area (Å²) in [5.74, 6) is 2.29. The molecule has 0 aromatic rings. The number of nitrogens with one attached hydrogen (secondary N) is 2. The van der Waals surface area contributed by atoms with Gasteiger partial charge in [0.2, 0.25) is 0 Å². The van der Waals surface area contributed by atoms with E-state index in [2.05, 4.69) is 32.3 Å².